The first kappa shape index (κ1) is 13.4. The van der Waals surface area contributed by atoms with E-state index in [0.29, 0.717) is 0 Å². The number of urea groups is 1. The first-order valence-electron chi connectivity index (χ1n) is 5.44. The standard InChI is InChI=1S/C10H17N3O4/c1-6(2)7(5-14)12-8(15)4-13-9(16)3-11-10(13)17/h6-7,14H,3-5H2,1-2H3,(H,11,17)(H,12,15). The molecule has 1 saturated heterocycles. The SMILES string of the molecule is CC(C)C(CO)NC(=O)CN1C(=O)CNC1=O. The average Bonchev–Trinajstić information content (AvgIpc) is 2.57. The third kappa shape index (κ3) is 3.42. The Morgan fingerprint density at radius 3 is 2.59 bits per heavy atom. The van der Waals surface area contributed by atoms with Gasteiger partial charge in [0.15, 0.2) is 0 Å². The third-order valence-electron chi connectivity index (χ3n) is 2.59. The number of rotatable bonds is 5. The predicted molar refractivity (Wildman–Crippen MR) is 59.0 cm³/mol. The minimum Gasteiger partial charge on any atom is -0.394 e. The van der Waals surface area contributed by atoms with Crippen molar-refractivity contribution in [2.75, 3.05) is 19.7 Å². The molecule has 1 atom stereocenters. The van der Waals surface area contributed by atoms with Gasteiger partial charge in [0.05, 0.1) is 19.2 Å². The number of nitrogens with zero attached hydrogens (tertiary/aromatic N) is 1. The number of aliphatic hydroxyl groups is 1. The molecule has 0 spiro atoms. The Labute approximate surface area is 99.2 Å². The van der Waals surface area contributed by atoms with Gasteiger partial charge in [0, 0.05) is 0 Å². The summed E-state index contributed by atoms with van der Waals surface area (Å²) in [6.07, 6.45) is 0. The van der Waals surface area contributed by atoms with E-state index in [9.17, 15) is 14.4 Å². The fourth-order valence-electron chi connectivity index (χ4n) is 1.43. The van der Waals surface area contributed by atoms with Crippen LogP contribution in [0.3, 0.4) is 0 Å². The number of imide groups is 1. The van der Waals surface area contributed by atoms with Crippen LogP contribution in [0.25, 0.3) is 0 Å². The van der Waals surface area contributed by atoms with Gasteiger partial charge in [0.2, 0.25) is 5.91 Å². The molecule has 1 aliphatic rings. The van der Waals surface area contributed by atoms with Crippen LogP contribution in [0.5, 0.6) is 0 Å². The maximum Gasteiger partial charge on any atom is 0.325 e. The van der Waals surface area contributed by atoms with E-state index in [1.54, 1.807) is 0 Å². The van der Waals surface area contributed by atoms with Crippen molar-refractivity contribution in [2.24, 2.45) is 5.92 Å². The minimum atomic E-state index is -0.560. The van der Waals surface area contributed by atoms with Crippen LogP contribution in [0.15, 0.2) is 0 Å². The van der Waals surface area contributed by atoms with Crippen LogP contribution in [0, 0.1) is 5.92 Å². The Hall–Kier alpha value is -1.63. The van der Waals surface area contributed by atoms with Gasteiger partial charge in [-0.25, -0.2) is 4.79 Å². The van der Waals surface area contributed by atoms with Gasteiger partial charge in [-0.05, 0) is 5.92 Å². The number of carbonyl (C=O) groups is 3. The van der Waals surface area contributed by atoms with Gasteiger partial charge in [-0.3, -0.25) is 14.5 Å². The number of carbonyl (C=O) groups excluding carboxylic acids is 3. The zero-order valence-corrected chi connectivity index (χ0v) is 9.90. The second kappa shape index (κ2) is 5.62. The van der Waals surface area contributed by atoms with Gasteiger partial charge in [0.1, 0.15) is 6.54 Å². The molecule has 0 aromatic carbocycles. The first-order chi connectivity index (χ1) is 7.95. The van der Waals surface area contributed by atoms with Gasteiger partial charge in [-0.15, -0.1) is 0 Å². The van der Waals surface area contributed by atoms with Crippen LogP contribution in [0.1, 0.15) is 13.8 Å². The molecule has 1 heterocycles. The van der Waals surface area contributed by atoms with Crippen molar-refractivity contribution in [1.29, 1.82) is 0 Å². The van der Waals surface area contributed by atoms with Crippen molar-refractivity contribution in [3.63, 3.8) is 0 Å². The molecule has 7 heteroatoms. The number of aliphatic hydroxyl groups excluding tert-OH is 1. The van der Waals surface area contributed by atoms with E-state index in [2.05, 4.69) is 10.6 Å². The highest BCUT2D eigenvalue weighted by atomic mass is 16.3. The molecule has 7 nitrogen and oxygen atoms in total. The first-order valence-corrected chi connectivity index (χ1v) is 5.44. The zero-order chi connectivity index (χ0) is 13.0. The highest BCUT2D eigenvalue weighted by Crippen LogP contribution is 2.02. The molecule has 0 aliphatic carbocycles. The third-order valence-corrected chi connectivity index (χ3v) is 2.59. The van der Waals surface area contributed by atoms with Crippen LogP contribution < -0.4 is 10.6 Å². The predicted octanol–water partition coefficient (Wildman–Crippen LogP) is -1.33. The van der Waals surface area contributed by atoms with Gasteiger partial charge < -0.3 is 15.7 Å². The Balaban J connectivity index is 2.49. The van der Waals surface area contributed by atoms with Crippen molar-refractivity contribution < 1.29 is 19.5 Å². The van der Waals surface area contributed by atoms with Crippen molar-refractivity contribution >= 4 is 17.8 Å². The summed E-state index contributed by atoms with van der Waals surface area (Å²) in [7, 11) is 0. The van der Waals surface area contributed by atoms with E-state index in [-0.39, 0.29) is 31.7 Å². The largest absolute Gasteiger partial charge is 0.394 e. The second-order valence-corrected chi connectivity index (χ2v) is 4.24. The van der Waals surface area contributed by atoms with Crippen LogP contribution >= 0.6 is 0 Å². The summed E-state index contributed by atoms with van der Waals surface area (Å²) in [5, 5.41) is 13.9. The quantitative estimate of drug-likeness (QED) is 0.521. The molecular weight excluding hydrogens is 226 g/mol. The van der Waals surface area contributed by atoms with E-state index in [1.807, 2.05) is 13.8 Å². The summed E-state index contributed by atoms with van der Waals surface area (Å²) in [5.74, 6) is -0.801. The fraction of sp³-hybridized carbons (Fsp3) is 0.700. The van der Waals surface area contributed by atoms with Gasteiger partial charge in [0.25, 0.3) is 5.91 Å². The molecular formula is C10H17N3O4. The van der Waals surface area contributed by atoms with E-state index in [4.69, 9.17) is 5.11 Å². The maximum absolute atomic E-state index is 11.6. The molecule has 4 amide bonds. The van der Waals surface area contributed by atoms with Crippen LogP contribution in [0.4, 0.5) is 4.79 Å². The van der Waals surface area contributed by atoms with Gasteiger partial charge >= 0.3 is 6.03 Å². The van der Waals surface area contributed by atoms with Gasteiger partial charge in [-0.2, -0.15) is 0 Å². The maximum atomic E-state index is 11.6. The Bertz CT molecular complexity index is 314. The fourth-order valence-corrected chi connectivity index (χ4v) is 1.43. The molecule has 1 fully saturated rings. The molecule has 96 valence electrons. The lowest BCUT2D eigenvalue weighted by molar-refractivity contribution is -0.131. The number of hydrogen-bond acceptors (Lipinski definition) is 4. The van der Waals surface area contributed by atoms with E-state index in [1.165, 1.54) is 0 Å². The molecule has 1 unspecified atom stereocenters. The number of amides is 4. The zero-order valence-electron chi connectivity index (χ0n) is 9.90. The summed E-state index contributed by atoms with van der Waals surface area (Å²) < 4.78 is 0. The normalized spacial score (nSPS) is 17.3. The smallest absolute Gasteiger partial charge is 0.325 e. The van der Waals surface area contributed by atoms with Crippen molar-refractivity contribution in [2.45, 2.75) is 19.9 Å². The Morgan fingerprint density at radius 2 is 2.18 bits per heavy atom. The molecule has 0 saturated carbocycles. The highest BCUT2D eigenvalue weighted by molar-refractivity contribution is 6.04. The second-order valence-electron chi connectivity index (χ2n) is 4.24. The molecule has 0 aromatic heterocycles. The van der Waals surface area contributed by atoms with Crippen molar-refractivity contribution in [3.05, 3.63) is 0 Å². The van der Waals surface area contributed by atoms with Crippen molar-refractivity contribution in [1.82, 2.24) is 15.5 Å². The minimum absolute atomic E-state index is 0.0697. The molecule has 1 aliphatic heterocycles. The molecule has 0 radical (unpaired) electrons. The highest BCUT2D eigenvalue weighted by Gasteiger charge is 2.30. The van der Waals surface area contributed by atoms with E-state index in [0.717, 1.165) is 4.90 Å². The summed E-state index contributed by atoms with van der Waals surface area (Å²) in [5.41, 5.74) is 0. The van der Waals surface area contributed by atoms with Gasteiger partial charge in [-0.1, -0.05) is 13.8 Å². The summed E-state index contributed by atoms with van der Waals surface area (Å²) in [6, 6.07) is -0.932. The molecule has 3 N–H and O–H groups in total. The van der Waals surface area contributed by atoms with Crippen LogP contribution in [-0.2, 0) is 9.59 Å². The molecule has 0 aromatic rings. The van der Waals surface area contributed by atoms with E-state index < -0.39 is 17.8 Å². The summed E-state index contributed by atoms with van der Waals surface area (Å²) in [6.45, 7) is 3.15. The van der Waals surface area contributed by atoms with Crippen molar-refractivity contribution in [3.8, 4) is 0 Å². The average molecular weight is 243 g/mol. The number of hydrogen-bond donors (Lipinski definition) is 3. The Kier molecular flexibility index (Phi) is 4.45. The molecule has 1 rings (SSSR count). The monoisotopic (exact) mass is 243 g/mol. The lowest BCUT2D eigenvalue weighted by Crippen LogP contribution is -2.47. The van der Waals surface area contributed by atoms with Crippen LogP contribution in [0.2, 0.25) is 0 Å². The molecule has 17 heavy (non-hydrogen) atoms. The van der Waals surface area contributed by atoms with Crippen LogP contribution in [-0.4, -0.2) is 53.6 Å². The lowest BCUT2D eigenvalue weighted by Gasteiger charge is -2.21. The Morgan fingerprint density at radius 1 is 1.53 bits per heavy atom. The topological polar surface area (TPSA) is 98.7 Å². The molecule has 0 bridgehead atoms. The summed E-state index contributed by atoms with van der Waals surface area (Å²) in [4.78, 5) is 34.8. The van der Waals surface area contributed by atoms with E-state index >= 15 is 0 Å². The number of nitrogens with one attached hydrogen (secondary N) is 2. The summed E-state index contributed by atoms with van der Waals surface area (Å²) >= 11 is 0. The lowest BCUT2D eigenvalue weighted by atomic mass is 10.1.